The number of hydrogen-bond acceptors (Lipinski definition) is 3. The Kier molecular flexibility index (Phi) is 4.24. The Morgan fingerprint density at radius 1 is 1.31 bits per heavy atom. The number of halogens is 1. The molecule has 0 amide bonds. The third-order valence-corrected chi connectivity index (χ3v) is 2.77. The molecule has 0 saturated heterocycles. The molecule has 3 nitrogen and oxygen atoms in total. The molecule has 0 aliphatic carbocycles. The molecule has 1 aromatic rings. The first kappa shape index (κ1) is 12.9. The Labute approximate surface area is 103 Å². The van der Waals surface area contributed by atoms with Gasteiger partial charge in [0.2, 0.25) is 11.6 Å². The fourth-order valence-corrected chi connectivity index (χ4v) is 1.84. The van der Waals surface area contributed by atoms with E-state index in [0.29, 0.717) is 11.3 Å². The van der Waals surface area contributed by atoms with E-state index in [1.807, 2.05) is 13.0 Å². The summed E-state index contributed by atoms with van der Waals surface area (Å²) in [7, 11) is 1.49. The van der Waals surface area contributed by atoms with Crippen LogP contribution in [0.3, 0.4) is 0 Å². The molecule has 86 valence electrons. The summed E-state index contributed by atoms with van der Waals surface area (Å²) in [4.78, 5) is 23.2. The number of aryl methyl sites for hydroxylation is 2. The molecule has 4 heteroatoms. The Morgan fingerprint density at radius 2 is 1.94 bits per heavy atom. The van der Waals surface area contributed by atoms with E-state index in [2.05, 4.69) is 15.9 Å². The van der Waals surface area contributed by atoms with Gasteiger partial charge >= 0.3 is 0 Å². The van der Waals surface area contributed by atoms with Gasteiger partial charge in [0.15, 0.2) is 0 Å². The van der Waals surface area contributed by atoms with Gasteiger partial charge in [-0.1, -0.05) is 22.0 Å². The average Bonchev–Trinajstić information content (AvgIpc) is 2.26. The Hall–Kier alpha value is -1.16. The van der Waals surface area contributed by atoms with Gasteiger partial charge in [0.1, 0.15) is 5.75 Å². The summed E-state index contributed by atoms with van der Waals surface area (Å²) in [6.45, 7) is 3.71. The van der Waals surface area contributed by atoms with Crippen molar-refractivity contribution in [3.05, 3.63) is 28.8 Å². The monoisotopic (exact) mass is 284 g/mol. The zero-order valence-electron chi connectivity index (χ0n) is 9.46. The van der Waals surface area contributed by atoms with E-state index in [-0.39, 0.29) is 5.33 Å². The van der Waals surface area contributed by atoms with Crippen LogP contribution in [0.2, 0.25) is 0 Å². The van der Waals surface area contributed by atoms with Crippen molar-refractivity contribution in [1.29, 1.82) is 0 Å². The number of benzene rings is 1. The number of carbonyl (C=O) groups excluding carboxylic acids is 2. The molecule has 0 aliphatic heterocycles. The van der Waals surface area contributed by atoms with Crippen molar-refractivity contribution >= 4 is 27.5 Å². The topological polar surface area (TPSA) is 43.4 Å². The van der Waals surface area contributed by atoms with Crippen LogP contribution in [0.15, 0.2) is 12.1 Å². The summed E-state index contributed by atoms with van der Waals surface area (Å²) < 4.78 is 5.13. The van der Waals surface area contributed by atoms with Crippen molar-refractivity contribution < 1.29 is 14.3 Å². The molecular formula is C12H13BrO3. The van der Waals surface area contributed by atoms with Crippen LogP contribution in [0.4, 0.5) is 0 Å². The quantitative estimate of drug-likeness (QED) is 0.485. The van der Waals surface area contributed by atoms with Gasteiger partial charge < -0.3 is 4.74 Å². The van der Waals surface area contributed by atoms with Crippen molar-refractivity contribution in [3.63, 3.8) is 0 Å². The number of alkyl halides is 1. The van der Waals surface area contributed by atoms with Crippen molar-refractivity contribution in [1.82, 2.24) is 0 Å². The number of ketones is 2. The van der Waals surface area contributed by atoms with Crippen molar-refractivity contribution in [2.75, 3.05) is 12.4 Å². The third kappa shape index (κ3) is 2.50. The number of Topliss-reactive ketones (excluding diaryl/α,β-unsaturated/α-hetero) is 2. The van der Waals surface area contributed by atoms with Crippen LogP contribution in [-0.4, -0.2) is 24.0 Å². The fraction of sp³-hybridized carbons (Fsp3) is 0.333. The van der Waals surface area contributed by atoms with Gasteiger partial charge in [-0.25, -0.2) is 0 Å². The molecular weight excluding hydrogens is 272 g/mol. The Balaban J connectivity index is 3.32. The minimum atomic E-state index is -0.508. The Bertz CT molecular complexity index is 438. The molecule has 0 heterocycles. The molecule has 0 aliphatic rings. The van der Waals surface area contributed by atoms with E-state index in [1.165, 1.54) is 7.11 Å². The summed E-state index contributed by atoms with van der Waals surface area (Å²) in [5, 5.41) is 0.0301. The van der Waals surface area contributed by atoms with Gasteiger partial charge in [0, 0.05) is 0 Å². The summed E-state index contributed by atoms with van der Waals surface area (Å²) in [6.07, 6.45) is 0. The number of carbonyl (C=O) groups is 2. The molecule has 1 aromatic carbocycles. The summed E-state index contributed by atoms with van der Waals surface area (Å²) in [5.41, 5.74) is 2.12. The average molecular weight is 285 g/mol. The fourth-order valence-electron chi connectivity index (χ4n) is 1.58. The maximum Gasteiger partial charge on any atom is 0.233 e. The molecule has 0 bridgehead atoms. The largest absolute Gasteiger partial charge is 0.496 e. The number of rotatable bonds is 4. The van der Waals surface area contributed by atoms with E-state index >= 15 is 0 Å². The predicted octanol–water partition coefficient (Wildman–Crippen LogP) is 2.46. The van der Waals surface area contributed by atoms with Gasteiger partial charge in [-0.2, -0.15) is 0 Å². The molecule has 0 unspecified atom stereocenters. The highest BCUT2D eigenvalue weighted by atomic mass is 79.9. The van der Waals surface area contributed by atoms with E-state index in [9.17, 15) is 9.59 Å². The molecule has 1 rings (SSSR count). The number of ether oxygens (including phenoxy) is 1. The molecule has 0 fully saturated rings. The zero-order chi connectivity index (χ0) is 12.3. The van der Waals surface area contributed by atoms with Gasteiger partial charge in [-0.05, 0) is 31.0 Å². The lowest BCUT2D eigenvalue weighted by Crippen LogP contribution is -2.17. The summed E-state index contributed by atoms with van der Waals surface area (Å²) >= 11 is 2.99. The van der Waals surface area contributed by atoms with Crippen molar-refractivity contribution in [3.8, 4) is 5.75 Å². The highest BCUT2D eigenvalue weighted by molar-refractivity contribution is 9.09. The maximum absolute atomic E-state index is 11.8. The first-order valence-electron chi connectivity index (χ1n) is 4.80. The van der Waals surface area contributed by atoms with Crippen molar-refractivity contribution in [2.24, 2.45) is 0 Å². The first-order chi connectivity index (χ1) is 7.51. The van der Waals surface area contributed by atoms with E-state index in [4.69, 9.17) is 4.74 Å². The summed E-state index contributed by atoms with van der Waals surface area (Å²) in [5.74, 6) is -0.520. The SMILES string of the molecule is COc1cc(C)cc(C)c1C(=O)C(=O)CBr. The first-order valence-corrected chi connectivity index (χ1v) is 5.92. The lowest BCUT2D eigenvalue weighted by molar-refractivity contribution is -0.112. The van der Waals surface area contributed by atoms with E-state index in [0.717, 1.165) is 11.1 Å². The highest BCUT2D eigenvalue weighted by Crippen LogP contribution is 2.25. The van der Waals surface area contributed by atoms with E-state index in [1.54, 1.807) is 13.0 Å². The minimum Gasteiger partial charge on any atom is -0.496 e. The normalized spacial score (nSPS) is 10.0. The number of hydrogen-bond donors (Lipinski definition) is 0. The third-order valence-electron chi connectivity index (χ3n) is 2.27. The van der Waals surface area contributed by atoms with Crippen LogP contribution in [0, 0.1) is 13.8 Å². The van der Waals surface area contributed by atoms with Crippen LogP contribution >= 0.6 is 15.9 Å². The molecule has 0 saturated carbocycles. The minimum absolute atomic E-state index is 0.0301. The molecule has 0 radical (unpaired) electrons. The maximum atomic E-state index is 11.8. The van der Waals surface area contributed by atoms with E-state index < -0.39 is 11.6 Å². The van der Waals surface area contributed by atoms with Crippen LogP contribution < -0.4 is 4.74 Å². The van der Waals surface area contributed by atoms with Gasteiger partial charge in [-0.3, -0.25) is 9.59 Å². The lowest BCUT2D eigenvalue weighted by atomic mass is 9.99. The molecule has 0 aromatic heterocycles. The Morgan fingerprint density at radius 3 is 2.44 bits per heavy atom. The summed E-state index contributed by atoms with van der Waals surface area (Å²) in [6, 6.07) is 3.61. The smallest absolute Gasteiger partial charge is 0.233 e. The number of methoxy groups -OCH3 is 1. The van der Waals surface area contributed by atoms with Gasteiger partial charge in [0.25, 0.3) is 0 Å². The molecule has 0 spiro atoms. The van der Waals surface area contributed by atoms with Crippen LogP contribution in [-0.2, 0) is 4.79 Å². The molecule has 16 heavy (non-hydrogen) atoms. The van der Waals surface area contributed by atoms with Crippen LogP contribution in [0.1, 0.15) is 21.5 Å². The van der Waals surface area contributed by atoms with Crippen LogP contribution in [0.25, 0.3) is 0 Å². The van der Waals surface area contributed by atoms with Gasteiger partial charge in [0.05, 0.1) is 18.0 Å². The lowest BCUT2D eigenvalue weighted by Gasteiger charge is -2.10. The predicted molar refractivity (Wildman–Crippen MR) is 65.6 cm³/mol. The molecule has 0 N–H and O–H groups in total. The van der Waals surface area contributed by atoms with Gasteiger partial charge in [-0.15, -0.1) is 0 Å². The second-order valence-corrected chi connectivity index (χ2v) is 4.11. The zero-order valence-corrected chi connectivity index (χ0v) is 11.1. The highest BCUT2D eigenvalue weighted by Gasteiger charge is 2.21. The molecule has 0 atom stereocenters. The standard InChI is InChI=1S/C12H13BrO3/c1-7-4-8(2)11(10(5-7)16-3)12(15)9(14)6-13/h4-5H,6H2,1-3H3. The second kappa shape index (κ2) is 5.25. The second-order valence-electron chi connectivity index (χ2n) is 3.55. The van der Waals surface area contributed by atoms with Crippen LogP contribution in [0.5, 0.6) is 5.75 Å². The van der Waals surface area contributed by atoms with Crippen molar-refractivity contribution in [2.45, 2.75) is 13.8 Å².